The van der Waals surface area contributed by atoms with Gasteiger partial charge in [-0.2, -0.15) is 0 Å². The molecule has 7 heteroatoms. The highest BCUT2D eigenvalue weighted by molar-refractivity contribution is 5.85. The van der Waals surface area contributed by atoms with Crippen molar-refractivity contribution in [2.24, 2.45) is 29.4 Å². The lowest BCUT2D eigenvalue weighted by Crippen LogP contribution is -2.55. The van der Waals surface area contributed by atoms with E-state index in [1.165, 1.54) is 6.42 Å². The molecule has 7 nitrogen and oxygen atoms in total. The highest BCUT2D eigenvalue weighted by atomic mass is 16.3. The standard InChI is InChI=1S/C30H48N2O5/c1-20(2)15-26(33)29(36)25(17-21-9-5-3-6-10-21)32(19-27(34)23-11-7-4-8-12-23)30(37)24(18-28(31)35)16-22-13-14-22/h4,7-8,11-12,20-22,24-27,29,33-34,36H,3,5-6,9-10,13-19H2,1-2H3,(H2,31,35)/t24-,25+,26+,27+,29-/m1/s1. The van der Waals surface area contributed by atoms with Crippen LogP contribution < -0.4 is 5.73 Å². The summed E-state index contributed by atoms with van der Waals surface area (Å²) in [6.45, 7) is 3.98. The molecule has 0 saturated heterocycles. The van der Waals surface area contributed by atoms with Gasteiger partial charge in [0.25, 0.3) is 0 Å². The summed E-state index contributed by atoms with van der Waals surface area (Å²) in [6.07, 6.45) is 5.99. The van der Waals surface area contributed by atoms with Crippen molar-refractivity contribution in [1.29, 1.82) is 0 Å². The molecule has 5 atom stereocenters. The second-order valence-corrected chi connectivity index (χ2v) is 12.0. The van der Waals surface area contributed by atoms with Gasteiger partial charge in [-0.1, -0.05) is 89.1 Å². The van der Waals surface area contributed by atoms with Gasteiger partial charge < -0.3 is 26.0 Å². The molecule has 2 fully saturated rings. The normalized spacial score (nSPS) is 20.7. The van der Waals surface area contributed by atoms with Crippen molar-refractivity contribution in [2.45, 2.75) is 109 Å². The number of hydrogen-bond acceptors (Lipinski definition) is 5. The van der Waals surface area contributed by atoms with Gasteiger partial charge in [0, 0.05) is 12.3 Å². The van der Waals surface area contributed by atoms with E-state index in [2.05, 4.69) is 0 Å². The molecule has 1 aromatic rings. The van der Waals surface area contributed by atoms with Crippen LogP contribution in [0.2, 0.25) is 0 Å². The fourth-order valence-corrected chi connectivity index (χ4v) is 5.95. The van der Waals surface area contributed by atoms with Crippen molar-refractivity contribution in [2.75, 3.05) is 6.54 Å². The number of benzene rings is 1. The number of aliphatic hydroxyl groups excluding tert-OH is 3. The van der Waals surface area contributed by atoms with E-state index >= 15 is 0 Å². The lowest BCUT2D eigenvalue weighted by atomic mass is 9.81. The Bertz CT molecular complexity index is 838. The first-order chi connectivity index (χ1) is 17.7. The van der Waals surface area contributed by atoms with Crippen LogP contribution in [0, 0.1) is 23.7 Å². The van der Waals surface area contributed by atoms with Crippen molar-refractivity contribution < 1.29 is 24.9 Å². The van der Waals surface area contributed by atoms with E-state index in [-0.39, 0.29) is 24.8 Å². The summed E-state index contributed by atoms with van der Waals surface area (Å²) in [5.41, 5.74) is 6.24. The van der Waals surface area contributed by atoms with Gasteiger partial charge in [0.05, 0.1) is 24.8 Å². The molecular formula is C30H48N2O5. The van der Waals surface area contributed by atoms with Crippen LogP contribution in [-0.2, 0) is 9.59 Å². The summed E-state index contributed by atoms with van der Waals surface area (Å²) in [6, 6.07) is 8.53. The van der Waals surface area contributed by atoms with E-state index in [4.69, 9.17) is 5.73 Å². The van der Waals surface area contributed by atoms with Gasteiger partial charge in [0.1, 0.15) is 6.10 Å². The lowest BCUT2D eigenvalue weighted by molar-refractivity contribution is -0.148. The number of carbonyl (C=O) groups is 2. The third-order valence-corrected chi connectivity index (χ3v) is 8.15. The average molecular weight is 517 g/mol. The zero-order valence-corrected chi connectivity index (χ0v) is 22.7. The van der Waals surface area contributed by atoms with Crippen LogP contribution >= 0.6 is 0 Å². The molecule has 0 spiro atoms. The van der Waals surface area contributed by atoms with Gasteiger partial charge >= 0.3 is 0 Å². The second-order valence-electron chi connectivity index (χ2n) is 12.0. The molecule has 3 rings (SSSR count). The van der Waals surface area contributed by atoms with E-state index in [1.807, 2.05) is 44.2 Å². The lowest BCUT2D eigenvalue weighted by Gasteiger charge is -2.41. The predicted octanol–water partition coefficient (Wildman–Crippen LogP) is 3.95. The summed E-state index contributed by atoms with van der Waals surface area (Å²) >= 11 is 0. The third-order valence-electron chi connectivity index (χ3n) is 8.15. The van der Waals surface area contributed by atoms with Crippen LogP contribution in [0.25, 0.3) is 0 Å². The van der Waals surface area contributed by atoms with Gasteiger partial charge in [0.2, 0.25) is 11.8 Å². The number of rotatable bonds is 15. The molecule has 0 aliphatic heterocycles. The van der Waals surface area contributed by atoms with Gasteiger partial charge in [-0.3, -0.25) is 9.59 Å². The van der Waals surface area contributed by atoms with Crippen LogP contribution in [-0.4, -0.2) is 56.8 Å². The largest absolute Gasteiger partial charge is 0.390 e. The quantitative estimate of drug-likeness (QED) is 0.281. The van der Waals surface area contributed by atoms with Crippen LogP contribution in [0.1, 0.15) is 96.1 Å². The molecular weight excluding hydrogens is 468 g/mol. The first-order valence-electron chi connectivity index (χ1n) is 14.3. The SMILES string of the molecule is CC(C)C[C@H](O)[C@H](O)[C@H](CC1CCCCC1)N(C[C@H](O)c1ccccc1)C(=O)[C@@H](CC(N)=O)CC1CC1. The fourth-order valence-electron chi connectivity index (χ4n) is 5.95. The molecule has 37 heavy (non-hydrogen) atoms. The molecule has 0 aromatic heterocycles. The molecule has 2 aliphatic rings. The molecule has 0 unspecified atom stereocenters. The number of nitrogens with zero attached hydrogens (tertiary/aromatic N) is 1. The Morgan fingerprint density at radius 1 is 0.946 bits per heavy atom. The maximum absolute atomic E-state index is 14.2. The molecule has 2 amide bonds. The topological polar surface area (TPSA) is 124 Å². The maximum Gasteiger partial charge on any atom is 0.226 e. The highest BCUT2D eigenvalue weighted by Gasteiger charge is 2.40. The Kier molecular flexibility index (Phi) is 11.4. The summed E-state index contributed by atoms with van der Waals surface area (Å²) in [5.74, 6) is -0.443. The van der Waals surface area contributed by atoms with E-state index in [9.17, 15) is 24.9 Å². The number of carbonyl (C=O) groups excluding carboxylic acids is 2. The summed E-state index contributed by atoms with van der Waals surface area (Å²) in [5, 5.41) is 33.7. The van der Waals surface area contributed by atoms with Crippen molar-refractivity contribution in [3.8, 4) is 0 Å². The molecule has 0 heterocycles. The van der Waals surface area contributed by atoms with E-state index in [1.54, 1.807) is 4.90 Å². The average Bonchev–Trinajstić information content (AvgIpc) is 3.69. The molecule has 208 valence electrons. The first-order valence-corrected chi connectivity index (χ1v) is 14.3. The van der Waals surface area contributed by atoms with Crippen LogP contribution in [0.3, 0.4) is 0 Å². The molecule has 1 aromatic carbocycles. The minimum Gasteiger partial charge on any atom is -0.390 e. The number of aliphatic hydroxyl groups is 3. The van der Waals surface area contributed by atoms with Crippen molar-refractivity contribution >= 4 is 11.8 Å². The van der Waals surface area contributed by atoms with Crippen LogP contribution in [0.15, 0.2) is 30.3 Å². The Morgan fingerprint density at radius 2 is 1.57 bits per heavy atom. The van der Waals surface area contributed by atoms with Crippen molar-refractivity contribution in [1.82, 2.24) is 4.90 Å². The Morgan fingerprint density at radius 3 is 2.14 bits per heavy atom. The minimum absolute atomic E-state index is 0.00831. The van der Waals surface area contributed by atoms with Crippen molar-refractivity contribution in [3.63, 3.8) is 0 Å². The highest BCUT2D eigenvalue weighted by Crippen LogP contribution is 2.38. The van der Waals surface area contributed by atoms with Gasteiger partial charge in [-0.05, 0) is 42.6 Å². The van der Waals surface area contributed by atoms with Gasteiger partial charge in [-0.15, -0.1) is 0 Å². The molecule has 2 saturated carbocycles. The number of nitrogens with two attached hydrogens (primary N) is 1. The van der Waals surface area contributed by atoms with Gasteiger partial charge in [-0.25, -0.2) is 0 Å². The monoisotopic (exact) mass is 516 g/mol. The molecule has 2 aliphatic carbocycles. The summed E-state index contributed by atoms with van der Waals surface area (Å²) in [4.78, 5) is 27.7. The maximum atomic E-state index is 14.2. The van der Waals surface area contributed by atoms with E-state index in [0.29, 0.717) is 36.7 Å². The zero-order chi connectivity index (χ0) is 26.9. The smallest absolute Gasteiger partial charge is 0.226 e. The van der Waals surface area contributed by atoms with Crippen LogP contribution in [0.4, 0.5) is 0 Å². The fraction of sp³-hybridized carbons (Fsp3) is 0.733. The number of amides is 2. The summed E-state index contributed by atoms with van der Waals surface area (Å²) in [7, 11) is 0. The Labute approximate surface area is 222 Å². The van der Waals surface area contributed by atoms with E-state index < -0.39 is 36.2 Å². The Hall–Kier alpha value is -1.96. The first kappa shape index (κ1) is 29.6. The van der Waals surface area contributed by atoms with Gasteiger partial charge in [0.15, 0.2) is 0 Å². The number of hydrogen-bond donors (Lipinski definition) is 4. The predicted molar refractivity (Wildman–Crippen MR) is 144 cm³/mol. The van der Waals surface area contributed by atoms with E-state index in [0.717, 1.165) is 38.5 Å². The summed E-state index contributed by atoms with van der Waals surface area (Å²) < 4.78 is 0. The molecule has 0 radical (unpaired) electrons. The third kappa shape index (κ3) is 9.38. The molecule has 0 bridgehead atoms. The minimum atomic E-state index is -1.15. The Balaban J connectivity index is 1.95. The van der Waals surface area contributed by atoms with Crippen LogP contribution in [0.5, 0.6) is 0 Å². The second kappa shape index (κ2) is 14.3. The molecule has 5 N–H and O–H groups in total. The van der Waals surface area contributed by atoms with Crippen molar-refractivity contribution in [3.05, 3.63) is 35.9 Å². The number of primary amides is 1. The zero-order valence-electron chi connectivity index (χ0n) is 22.7.